The third kappa shape index (κ3) is 3.75. The van der Waals surface area contributed by atoms with Crippen LogP contribution in [0.1, 0.15) is 35.8 Å². The van der Waals surface area contributed by atoms with Crippen molar-refractivity contribution in [2.75, 3.05) is 11.6 Å². The first-order chi connectivity index (χ1) is 12.3. The lowest BCUT2D eigenvalue weighted by Gasteiger charge is -2.12. The summed E-state index contributed by atoms with van der Waals surface area (Å²) >= 11 is 0. The number of rotatable bonds is 4. The molecule has 0 saturated carbocycles. The van der Waals surface area contributed by atoms with Crippen molar-refractivity contribution in [3.63, 3.8) is 0 Å². The van der Waals surface area contributed by atoms with Crippen LogP contribution in [0.15, 0.2) is 59.5 Å². The molecule has 0 spiro atoms. The summed E-state index contributed by atoms with van der Waals surface area (Å²) in [6.07, 6.45) is 1.15. The van der Waals surface area contributed by atoms with Gasteiger partial charge in [-0.2, -0.15) is 0 Å². The minimum Gasteiger partial charge on any atom is -0.322 e. The first-order valence-corrected chi connectivity index (χ1v) is 10.2. The number of fused-ring (bicyclic) bond motifs is 1. The zero-order valence-electron chi connectivity index (χ0n) is 14.9. The van der Waals surface area contributed by atoms with Gasteiger partial charge in [-0.15, -0.1) is 0 Å². The van der Waals surface area contributed by atoms with Gasteiger partial charge in [0, 0.05) is 23.0 Å². The normalized spacial score (nSPS) is 11.7. The summed E-state index contributed by atoms with van der Waals surface area (Å²) < 4.78 is 23.1. The fourth-order valence-corrected chi connectivity index (χ4v) is 3.29. The number of aromatic nitrogens is 1. The van der Waals surface area contributed by atoms with Crippen molar-refractivity contribution in [3.8, 4) is 0 Å². The molecule has 0 atom stereocenters. The number of hydrogen-bond donors (Lipinski definition) is 1. The van der Waals surface area contributed by atoms with E-state index >= 15 is 0 Å². The molecule has 0 aliphatic rings. The number of carbonyl (C=O) groups excluding carboxylic acids is 1. The van der Waals surface area contributed by atoms with E-state index < -0.39 is 9.84 Å². The van der Waals surface area contributed by atoms with Crippen LogP contribution in [0.3, 0.4) is 0 Å². The van der Waals surface area contributed by atoms with Crippen LogP contribution in [-0.4, -0.2) is 25.6 Å². The minimum atomic E-state index is -3.27. The average Bonchev–Trinajstić information content (AvgIpc) is 2.60. The van der Waals surface area contributed by atoms with Gasteiger partial charge in [-0.3, -0.25) is 9.78 Å². The van der Waals surface area contributed by atoms with Crippen LogP contribution in [-0.2, 0) is 9.84 Å². The number of hydrogen-bond acceptors (Lipinski definition) is 4. The van der Waals surface area contributed by atoms with Gasteiger partial charge < -0.3 is 5.32 Å². The molecule has 6 heteroatoms. The molecule has 0 radical (unpaired) electrons. The van der Waals surface area contributed by atoms with E-state index in [1.165, 1.54) is 12.1 Å². The van der Waals surface area contributed by atoms with Gasteiger partial charge in [0.15, 0.2) is 9.84 Å². The van der Waals surface area contributed by atoms with Gasteiger partial charge in [-0.05, 0) is 42.3 Å². The lowest BCUT2D eigenvalue weighted by Crippen LogP contribution is -2.14. The second kappa shape index (κ2) is 6.88. The highest BCUT2D eigenvalue weighted by molar-refractivity contribution is 7.90. The van der Waals surface area contributed by atoms with Crippen molar-refractivity contribution in [1.82, 2.24) is 4.98 Å². The van der Waals surface area contributed by atoms with E-state index in [-0.39, 0.29) is 16.7 Å². The Balaban J connectivity index is 1.97. The molecular formula is C20H20N2O3S. The van der Waals surface area contributed by atoms with Crippen LogP contribution in [0, 0.1) is 0 Å². The lowest BCUT2D eigenvalue weighted by atomic mass is 10.0. The van der Waals surface area contributed by atoms with Gasteiger partial charge in [0.2, 0.25) is 0 Å². The Morgan fingerprint density at radius 2 is 1.69 bits per heavy atom. The molecule has 134 valence electrons. The molecule has 0 aliphatic carbocycles. The van der Waals surface area contributed by atoms with E-state index in [0.717, 1.165) is 22.9 Å². The van der Waals surface area contributed by atoms with Crippen LogP contribution in [0.5, 0.6) is 0 Å². The summed E-state index contributed by atoms with van der Waals surface area (Å²) in [6, 6.07) is 15.5. The molecule has 0 fully saturated rings. The largest absolute Gasteiger partial charge is 0.322 e. The summed E-state index contributed by atoms with van der Waals surface area (Å²) in [4.78, 5) is 17.7. The molecule has 0 unspecified atom stereocenters. The summed E-state index contributed by atoms with van der Waals surface area (Å²) in [7, 11) is -3.27. The monoisotopic (exact) mass is 368 g/mol. The molecule has 1 N–H and O–H groups in total. The third-order valence-corrected chi connectivity index (χ3v) is 5.24. The highest BCUT2D eigenvalue weighted by Crippen LogP contribution is 2.23. The molecule has 1 heterocycles. The van der Waals surface area contributed by atoms with Gasteiger partial charge >= 0.3 is 0 Å². The molecule has 0 aliphatic heterocycles. The van der Waals surface area contributed by atoms with Gasteiger partial charge in [-0.1, -0.05) is 32.0 Å². The van der Waals surface area contributed by atoms with Crippen LogP contribution in [0.2, 0.25) is 0 Å². The van der Waals surface area contributed by atoms with Crippen molar-refractivity contribution < 1.29 is 13.2 Å². The summed E-state index contributed by atoms with van der Waals surface area (Å²) in [5.74, 6) is -0.0576. The van der Waals surface area contributed by atoms with Crippen molar-refractivity contribution in [3.05, 3.63) is 65.9 Å². The fourth-order valence-electron chi connectivity index (χ4n) is 2.66. The van der Waals surface area contributed by atoms with E-state index in [1.807, 2.05) is 44.2 Å². The molecule has 3 aromatic rings. The van der Waals surface area contributed by atoms with E-state index in [0.29, 0.717) is 11.3 Å². The number of benzene rings is 2. The molecule has 1 amide bonds. The van der Waals surface area contributed by atoms with Crippen LogP contribution < -0.4 is 5.32 Å². The Labute approximate surface area is 153 Å². The molecule has 3 rings (SSSR count). The van der Waals surface area contributed by atoms with E-state index in [4.69, 9.17) is 0 Å². The van der Waals surface area contributed by atoms with E-state index in [2.05, 4.69) is 10.3 Å². The number of carbonyl (C=O) groups is 1. The van der Waals surface area contributed by atoms with Gasteiger partial charge in [-0.25, -0.2) is 8.42 Å². The molecule has 0 saturated heterocycles. The summed E-state index contributed by atoms with van der Waals surface area (Å²) in [5, 5.41) is 3.61. The number of nitrogens with zero attached hydrogens (tertiary/aromatic N) is 1. The Morgan fingerprint density at radius 1 is 1.04 bits per heavy atom. The Morgan fingerprint density at radius 3 is 2.31 bits per heavy atom. The molecule has 0 bridgehead atoms. The topological polar surface area (TPSA) is 76.1 Å². The van der Waals surface area contributed by atoms with Crippen molar-refractivity contribution >= 4 is 32.3 Å². The fraction of sp³-hybridized carbons (Fsp3) is 0.200. The van der Waals surface area contributed by atoms with Crippen molar-refractivity contribution in [2.24, 2.45) is 0 Å². The zero-order chi connectivity index (χ0) is 18.9. The average molecular weight is 368 g/mol. The van der Waals surface area contributed by atoms with Crippen LogP contribution >= 0.6 is 0 Å². The SMILES string of the molecule is CC(C)c1cc(C(=O)Nc2ccc(S(C)(=O)=O)cc2)c2ccccc2n1. The number of amides is 1. The lowest BCUT2D eigenvalue weighted by molar-refractivity contribution is 0.102. The zero-order valence-corrected chi connectivity index (χ0v) is 15.7. The number of para-hydroxylation sites is 1. The molecule has 26 heavy (non-hydrogen) atoms. The van der Waals surface area contributed by atoms with Crippen molar-refractivity contribution in [1.29, 1.82) is 0 Å². The second-order valence-electron chi connectivity index (χ2n) is 6.52. The molecule has 2 aromatic carbocycles. The summed E-state index contributed by atoms with van der Waals surface area (Å²) in [5.41, 5.74) is 2.71. The van der Waals surface area contributed by atoms with E-state index in [1.54, 1.807) is 12.1 Å². The maximum Gasteiger partial charge on any atom is 0.256 e. The maximum absolute atomic E-state index is 12.8. The van der Waals surface area contributed by atoms with Gasteiger partial charge in [0.25, 0.3) is 5.91 Å². The highest BCUT2D eigenvalue weighted by atomic mass is 32.2. The first-order valence-electron chi connectivity index (χ1n) is 8.27. The minimum absolute atomic E-state index is 0.195. The quantitative estimate of drug-likeness (QED) is 0.755. The first kappa shape index (κ1) is 18.1. The Kier molecular flexibility index (Phi) is 4.78. The predicted molar refractivity (Wildman–Crippen MR) is 103 cm³/mol. The van der Waals surface area contributed by atoms with Gasteiger partial charge in [0.1, 0.15) is 0 Å². The van der Waals surface area contributed by atoms with Gasteiger partial charge in [0.05, 0.1) is 16.0 Å². The standard InChI is InChI=1S/C20H20N2O3S/c1-13(2)19-12-17(16-6-4-5-7-18(16)22-19)20(23)21-14-8-10-15(11-9-14)26(3,24)25/h4-13H,1-3H3,(H,21,23). The predicted octanol–water partition coefficient (Wildman–Crippen LogP) is 4.01. The van der Waals surface area contributed by atoms with E-state index in [9.17, 15) is 13.2 Å². The number of anilines is 1. The highest BCUT2D eigenvalue weighted by Gasteiger charge is 2.15. The number of sulfone groups is 1. The van der Waals surface area contributed by atoms with Crippen molar-refractivity contribution in [2.45, 2.75) is 24.7 Å². The number of pyridine rings is 1. The molecule has 5 nitrogen and oxygen atoms in total. The number of nitrogens with one attached hydrogen (secondary N) is 1. The smallest absolute Gasteiger partial charge is 0.256 e. The molecule has 1 aromatic heterocycles. The second-order valence-corrected chi connectivity index (χ2v) is 8.53. The molecular weight excluding hydrogens is 348 g/mol. The third-order valence-electron chi connectivity index (χ3n) is 4.11. The Hall–Kier alpha value is -2.73. The Bertz CT molecular complexity index is 1070. The summed E-state index contributed by atoms with van der Waals surface area (Å²) in [6.45, 7) is 4.06. The van der Waals surface area contributed by atoms with Crippen LogP contribution in [0.25, 0.3) is 10.9 Å². The van der Waals surface area contributed by atoms with Crippen LogP contribution in [0.4, 0.5) is 5.69 Å². The maximum atomic E-state index is 12.8.